The van der Waals surface area contributed by atoms with Gasteiger partial charge in [-0.25, -0.2) is 4.79 Å². The molecule has 0 saturated heterocycles. The van der Waals surface area contributed by atoms with Crippen molar-refractivity contribution in [2.75, 3.05) is 11.5 Å². The van der Waals surface area contributed by atoms with E-state index in [1.54, 1.807) is 0 Å². The molecule has 0 aliphatic rings. The van der Waals surface area contributed by atoms with E-state index in [-0.39, 0.29) is 36.5 Å². The van der Waals surface area contributed by atoms with Crippen LogP contribution in [0.3, 0.4) is 0 Å². The average molecular weight is 517 g/mol. The van der Waals surface area contributed by atoms with Crippen molar-refractivity contribution in [2.24, 2.45) is 5.73 Å². The van der Waals surface area contributed by atoms with Crippen molar-refractivity contribution in [1.82, 2.24) is 16.0 Å². The zero-order chi connectivity index (χ0) is 25.8. The van der Waals surface area contributed by atoms with Crippen LogP contribution >= 0.6 is 25.3 Å². The lowest BCUT2D eigenvalue weighted by molar-refractivity contribution is -0.141. The lowest BCUT2D eigenvalue weighted by Gasteiger charge is -2.24. The van der Waals surface area contributed by atoms with Crippen LogP contribution in [0, 0.1) is 0 Å². The van der Waals surface area contributed by atoms with E-state index in [4.69, 9.17) is 15.9 Å². The van der Waals surface area contributed by atoms with Crippen LogP contribution in [-0.2, 0) is 30.4 Å². The first-order valence-corrected chi connectivity index (χ1v) is 11.4. The number of carbonyl (C=O) groups is 5. The summed E-state index contributed by atoms with van der Waals surface area (Å²) in [6.45, 7) is 0. The summed E-state index contributed by atoms with van der Waals surface area (Å²) in [6.07, 6.45) is -0.545. The maximum Gasteiger partial charge on any atom is 0.327 e. The third-order valence-corrected chi connectivity index (χ3v) is 5.36. The van der Waals surface area contributed by atoms with Gasteiger partial charge in [-0.15, -0.1) is 0 Å². The molecule has 188 valence electrons. The van der Waals surface area contributed by atoms with Crippen molar-refractivity contribution in [2.45, 2.75) is 43.4 Å². The van der Waals surface area contributed by atoms with E-state index in [1.165, 1.54) is 24.3 Å². The summed E-state index contributed by atoms with van der Waals surface area (Å²) >= 11 is 7.89. The van der Waals surface area contributed by atoms with Crippen LogP contribution in [0.4, 0.5) is 0 Å². The Morgan fingerprint density at radius 1 is 0.824 bits per heavy atom. The van der Waals surface area contributed by atoms with Gasteiger partial charge in [0.2, 0.25) is 17.7 Å². The summed E-state index contributed by atoms with van der Waals surface area (Å²) in [7, 11) is 0. The molecule has 1 aromatic rings. The molecule has 0 fully saturated rings. The van der Waals surface area contributed by atoms with Crippen LogP contribution in [0.15, 0.2) is 24.3 Å². The molecule has 0 aliphatic heterocycles. The Kier molecular flexibility index (Phi) is 12.2. The molecule has 4 atom stereocenters. The van der Waals surface area contributed by atoms with Crippen LogP contribution in [0.5, 0.6) is 5.75 Å². The van der Waals surface area contributed by atoms with E-state index in [1.807, 2.05) is 0 Å². The normalized spacial score (nSPS) is 14.2. The Bertz CT molecular complexity index is 884. The zero-order valence-corrected chi connectivity index (χ0v) is 19.8. The van der Waals surface area contributed by atoms with Gasteiger partial charge in [-0.05, 0) is 24.1 Å². The molecule has 0 aliphatic carbocycles. The van der Waals surface area contributed by atoms with Crippen LogP contribution in [-0.4, -0.2) is 80.7 Å². The minimum atomic E-state index is -1.31. The van der Waals surface area contributed by atoms with Crippen LogP contribution in [0.2, 0.25) is 0 Å². The highest BCUT2D eigenvalue weighted by Gasteiger charge is 2.29. The Hall–Kier alpha value is -2.97. The predicted octanol–water partition coefficient (Wildman–Crippen LogP) is -1.47. The first kappa shape index (κ1) is 29.1. The molecule has 12 nitrogen and oxygen atoms in total. The first-order chi connectivity index (χ1) is 16.0. The molecule has 0 radical (unpaired) electrons. The van der Waals surface area contributed by atoms with E-state index in [9.17, 15) is 29.1 Å². The molecule has 1 rings (SSSR count). The maximum absolute atomic E-state index is 12.9. The molecule has 4 unspecified atom stereocenters. The number of hydrogen-bond donors (Lipinski definition) is 9. The molecule has 0 saturated carbocycles. The number of aliphatic carboxylic acids is 2. The van der Waals surface area contributed by atoms with Crippen molar-refractivity contribution >= 4 is 54.9 Å². The molecule has 14 heteroatoms. The second kappa shape index (κ2) is 14.3. The molecule has 0 heterocycles. The predicted molar refractivity (Wildman–Crippen MR) is 128 cm³/mol. The van der Waals surface area contributed by atoms with Gasteiger partial charge in [-0.3, -0.25) is 19.2 Å². The highest BCUT2D eigenvalue weighted by atomic mass is 32.1. The van der Waals surface area contributed by atoms with Gasteiger partial charge in [-0.1, -0.05) is 12.1 Å². The number of rotatable bonds is 14. The Morgan fingerprint density at radius 3 is 1.82 bits per heavy atom. The van der Waals surface area contributed by atoms with Gasteiger partial charge in [0.15, 0.2) is 0 Å². The molecule has 0 aromatic heterocycles. The second-order valence-electron chi connectivity index (χ2n) is 7.30. The first-order valence-electron chi connectivity index (χ1n) is 10.1. The average Bonchev–Trinajstić information content (AvgIpc) is 2.79. The number of phenolic OH excluding ortho intramolecular Hbond substituents is 1. The number of aromatic hydroxyl groups is 1. The topological polar surface area (TPSA) is 208 Å². The number of carbonyl (C=O) groups excluding carboxylic acids is 3. The molecule has 34 heavy (non-hydrogen) atoms. The molecule has 0 spiro atoms. The Morgan fingerprint density at radius 2 is 1.32 bits per heavy atom. The number of phenols is 1. The van der Waals surface area contributed by atoms with Crippen LogP contribution in [0.25, 0.3) is 0 Å². The van der Waals surface area contributed by atoms with Crippen molar-refractivity contribution in [3.8, 4) is 5.75 Å². The van der Waals surface area contributed by atoms with Crippen molar-refractivity contribution < 1.29 is 39.3 Å². The minimum absolute atomic E-state index is 0.00605. The summed E-state index contributed by atoms with van der Waals surface area (Å²) in [4.78, 5) is 59.7. The van der Waals surface area contributed by atoms with Crippen molar-refractivity contribution in [3.05, 3.63) is 29.8 Å². The lowest BCUT2D eigenvalue weighted by atomic mass is 10.0. The van der Waals surface area contributed by atoms with Crippen molar-refractivity contribution in [1.29, 1.82) is 0 Å². The summed E-state index contributed by atoms with van der Waals surface area (Å²) in [5.41, 5.74) is 6.28. The lowest BCUT2D eigenvalue weighted by Crippen LogP contribution is -2.58. The van der Waals surface area contributed by atoms with Crippen LogP contribution in [0.1, 0.15) is 18.4 Å². The van der Waals surface area contributed by atoms with Crippen LogP contribution < -0.4 is 21.7 Å². The molecule has 8 N–H and O–H groups in total. The fraction of sp³-hybridized carbons (Fsp3) is 0.450. The summed E-state index contributed by atoms with van der Waals surface area (Å²) in [6, 6.07) is 0.909. The molecular weight excluding hydrogens is 488 g/mol. The molecule has 1 aromatic carbocycles. The van der Waals surface area contributed by atoms with Gasteiger partial charge in [-0.2, -0.15) is 25.3 Å². The second-order valence-corrected chi connectivity index (χ2v) is 8.03. The Labute approximate surface area is 206 Å². The van der Waals surface area contributed by atoms with Gasteiger partial charge >= 0.3 is 11.9 Å². The Balaban J connectivity index is 2.99. The molecular formula is C20H28N4O8S2. The van der Waals surface area contributed by atoms with Gasteiger partial charge in [0.25, 0.3) is 0 Å². The van der Waals surface area contributed by atoms with E-state index in [0.29, 0.717) is 5.56 Å². The number of carboxylic acid groups (broad SMARTS) is 2. The minimum Gasteiger partial charge on any atom is -0.508 e. The standard InChI is InChI=1S/C20H28N4O8S2/c21-12(5-6-16(26)27)17(28)22-13(7-10-1-3-11(25)4-2-10)18(29)23-14(8-33)19(30)24-15(9-34)20(31)32/h1-4,12-15,25,33-34H,5-9,21H2,(H,22,28)(H,23,29)(H,24,30)(H,26,27)(H,31,32). The smallest absolute Gasteiger partial charge is 0.327 e. The molecule has 3 amide bonds. The van der Waals surface area contributed by atoms with Gasteiger partial charge < -0.3 is 37.0 Å². The van der Waals surface area contributed by atoms with E-state index >= 15 is 0 Å². The fourth-order valence-electron chi connectivity index (χ4n) is 2.69. The van der Waals surface area contributed by atoms with E-state index < -0.39 is 53.8 Å². The quantitative estimate of drug-likeness (QED) is 0.132. The largest absolute Gasteiger partial charge is 0.508 e. The highest BCUT2D eigenvalue weighted by molar-refractivity contribution is 7.80. The van der Waals surface area contributed by atoms with Gasteiger partial charge in [0.05, 0.1) is 6.04 Å². The maximum atomic E-state index is 12.9. The monoisotopic (exact) mass is 516 g/mol. The SMILES string of the molecule is NC(CCC(=O)O)C(=O)NC(Cc1ccc(O)cc1)C(=O)NC(CS)C(=O)NC(CS)C(=O)O. The van der Waals surface area contributed by atoms with E-state index in [0.717, 1.165) is 0 Å². The number of amides is 3. The zero-order valence-electron chi connectivity index (χ0n) is 18.0. The summed E-state index contributed by atoms with van der Waals surface area (Å²) < 4.78 is 0. The number of hydrogen-bond acceptors (Lipinski definition) is 9. The van der Waals surface area contributed by atoms with E-state index in [2.05, 4.69) is 41.2 Å². The number of carboxylic acids is 2. The summed E-state index contributed by atoms with van der Waals surface area (Å²) in [5, 5.41) is 34.4. The fourth-order valence-corrected chi connectivity index (χ4v) is 3.19. The highest BCUT2D eigenvalue weighted by Crippen LogP contribution is 2.12. The van der Waals surface area contributed by atoms with Gasteiger partial charge in [0, 0.05) is 24.3 Å². The molecule has 0 bridgehead atoms. The van der Waals surface area contributed by atoms with Gasteiger partial charge in [0.1, 0.15) is 23.9 Å². The van der Waals surface area contributed by atoms with Crippen molar-refractivity contribution in [3.63, 3.8) is 0 Å². The third-order valence-electron chi connectivity index (χ3n) is 4.63. The number of thiol groups is 2. The third kappa shape index (κ3) is 9.89. The number of benzene rings is 1. The summed E-state index contributed by atoms with van der Waals surface area (Å²) in [5.74, 6) is -5.15. The number of nitrogens with two attached hydrogens (primary N) is 1. The number of nitrogens with one attached hydrogen (secondary N) is 3.